The van der Waals surface area contributed by atoms with Crippen molar-refractivity contribution in [3.63, 3.8) is 0 Å². The summed E-state index contributed by atoms with van der Waals surface area (Å²) >= 11 is 0. The lowest BCUT2D eigenvalue weighted by molar-refractivity contribution is 0.779. The van der Waals surface area contributed by atoms with Crippen LogP contribution in [0, 0.1) is 11.3 Å². The van der Waals surface area contributed by atoms with Crippen molar-refractivity contribution in [3.8, 4) is 11.8 Å². The second-order valence-electron chi connectivity index (χ2n) is 4.68. The second-order valence-corrected chi connectivity index (χ2v) is 4.68. The Hall–Kier alpha value is -2.12. The first kappa shape index (κ1) is 14.3. The van der Waals surface area contributed by atoms with Gasteiger partial charge < -0.3 is 5.32 Å². The molecular weight excluding hydrogens is 248 g/mol. The van der Waals surface area contributed by atoms with Crippen LogP contribution in [-0.2, 0) is 19.4 Å². The molecule has 0 atom stereocenters. The van der Waals surface area contributed by atoms with E-state index in [0.717, 1.165) is 30.8 Å². The van der Waals surface area contributed by atoms with Crippen LogP contribution in [0.25, 0.3) is 5.69 Å². The fraction of sp³-hybridized carbons (Fsp3) is 0.375. The van der Waals surface area contributed by atoms with Crippen LogP contribution in [0.15, 0.2) is 24.3 Å². The van der Waals surface area contributed by atoms with E-state index in [1.165, 1.54) is 11.3 Å². The zero-order valence-electron chi connectivity index (χ0n) is 12.3. The van der Waals surface area contributed by atoms with Gasteiger partial charge in [-0.3, -0.25) is 0 Å². The first-order chi connectivity index (χ1) is 9.74. The largest absolute Gasteiger partial charge is 0.316 e. The van der Waals surface area contributed by atoms with Gasteiger partial charge in [0.1, 0.15) is 0 Å². The number of rotatable bonds is 5. The van der Waals surface area contributed by atoms with Gasteiger partial charge >= 0.3 is 0 Å². The van der Waals surface area contributed by atoms with E-state index in [4.69, 9.17) is 10.4 Å². The number of benzene rings is 1. The Labute approximate surface area is 120 Å². The maximum Gasteiger partial charge on any atom is 0.0992 e. The summed E-state index contributed by atoms with van der Waals surface area (Å²) in [5, 5.41) is 17.0. The molecule has 20 heavy (non-hydrogen) atoms. The molecule has 0 aliphatic heterocycles. The summed E-state index contributed by atoms with van der Waals surface area (Å²) in [6, 6.07) is 9.78. The van der Waals surface area contributed by atoms with Gasteiger partial charge in [-0.25, -0.2) is 4.68 Å². The molecule has 0 bridgehead atoms. The van der Waals surface area contributed by atoms with Crippen molar-refractivity contribution in [2.24, 2.45) is 0 Å². The number of nitriles is 1. The quantitative estimate of drug-likeness (QED) is 0.906. The zero-order chi connectivity index (χ0) is 14.5. The molecule has 1 aromatic carbocycles. The van der Waals surface area contributed by atoms with Crippen LogP contribution in [0.4, 0.5) is 0 Å². The van der Waals surface area contributed by atoms with E-state index in [1.807, 2.05) is 36.0 Å². The number of hydrogen-bond acceptors (Lipinski definition) is 3. The van der Waals surface area contributed by atoms with Gasteiger partial charge in [0.2, 0.25) is 0 Å². The minimum absolute atomic E-state index is 0.660. The number of nitrogens with one attached hydrogen (secondary N) is 1. The first-order valence-corrected chi connectivity index (χ1v) is 6.99. The molecule has 1 N–H and O–H groups in total. The molecule has 0 saturated carbocycles. The maximum atomic E-state index is 9.04. The van der Waals surface area contributed by atoms with Crippen LogP contribution in [0.5, 0.6) is 0 Å². The molecule has 2 rings (SSSR count). The standard InChI is InChI=1S/C16H20N4/c1-4-15-14(11-18-3)16(5-2)20(19-15)13-8-6-7-12(9-13)10-17/h6-9,18H,4-5,11H2,1-3H3. The van der Waals surface area contributed by atoms with E-state index in [-0.39, 0.29) is 0 Å². The molecule has 2 aromatic rings. The third-order valence-corrected chi connectivity index (χ3v) is 3.42. The highest BCUT2D eigenvalue weighted by Gasteiger charge is 2.15. The van der Waals surface area contributed by atoms with Crippen LogP contribution < -0.4 is 5.32 Å². The summed E-state index contributed by atoms with van der Waals surface area (Å²) in [7, 11) is 1.95. The summed E-state index contributed by atoms with van der Waals surface area (Å²) in [6.07, 6.45) is 1.83. The van der Waals surface area contributed by atoms with Crippen LogP contribution in [0.2, 0.25) is 0 Å². The molecule has 0 saturated heterocycles. The maximum absolute atomic E-state index is 9.04. The topological polar surface area (TPSA) is 53.6 Å². The predicted octanol–water partition coefficient (Wildman–Crippen LogP) is 2.59. The molecule has 1 heterocycles. The molecule has 4 heteroatoms. The molecule has 0 aliphatic carbocycles. The smallest absolute Gasteiger partial charge is 0.0992 e. The highest BCUT2D eigenvalue weighted by molar-refractivity contribution is 5.43. The summed E-state index contributed by atoms with van der Waals surface area (Å²) in [4.78, 5) is 0. The van der Waals surface area contributed by atoms with Crippen molar-refractivity contribution in [1.82, 2.24) is 15.1 Å². The molecule has 0 fully saturated rings. The average molecular weight is 268 g/mol. The minimum Gasteiger partial charge on any atom is -0.316 e. The lowest BCUT2D eigenvalue weighted by atomic mass is 10.1. The summed E-state index contributed by atoms with van der Waals surface area (Å²) in [5.41, 5.74) is 5.23. The Morgan fingerprint density at radius 1 is 1.30 bits per heavy atom. The average Bonchev–Trinajstić information content (AvgIpc) is 2.85. The summed E-state index contributed by atoms with van der Waals surface area (Å²) in [5.74, 6) is 0. The monoisotopic (exact) mass is 268 g/mol. The molecule has 0 unspecified atom stereocenters. The van der Waals surface area contributed by atoms with Crippen LogP contribution in [0.3, 0.4) is 0 Å². The number of aryl methyl sites for hydroxylation is 1. The Bertz CT molecular complexity index is 634. The Morgan fingerprint density at radius 2 is 2.10 bits per heavy atom. The summed E-state index contributed by atoms with van der Waals surface area (Å²) < 4.78 is 1.98. The molecule has 0 radical (unpaired) electrons. The van der Waals surface area contributed by atoms with E-state index in [1.54, 1.807) is 0 Å². The van der Waals surface area contributed by atoms with Crippen molar-refractivity contribution in [2.45, 2.75) is 33.2 Å². The van der Waals surface area contributed by atoms with E-state index < -0.39 is 0 Å². The molecule has 0 spiro atoms. The second kappa shape index (κ2) is 6.36. The number of nitrogens with zero attached hydrogens (tertiary/aromatic N) is 3. The zero-order valence-corrected chi connectivity index (χ0v) is 12.3. The number of aromatic nitrogens is 2. The van der Waals surface area contributed by atoms with Crippen LogP contribution >= 0.6 is 0 Å². The van der Waals surface area contributed by atoms with Crippen molar-refractivity contribution in [3.05, 3.63) is 46.8 Å². The van der Waals surface area contributed by atoms with Crippen molar-refractivity contribution in [1.29, 1.82) is 5.26 Å². The minimum atomic E-state index is 0.660. The third kappa shape index (κ3) is 2.59. The lowest BCUT2D eigenvalue weighted by Crippen LogP contribution is -2.09. The van der Waals surface area contributed by atoms with Gasteiger partial charge in [0, 0.05) is 17.8 Å². The third-order valence-electron chi connectivity index (χ3n) is 3.42. The summed E-state index contributed by atoms with van der Waals surface area (Å²) in [6.45, 7) is 5.08. The van der Waals surface area contributed by atoms with Gasteiger partial charge in [-0.2, -0.15) is 10.4 Å². The Morgan fingerprint density at radius 3 is 2.70 bits per heavy atom. The normalized spacial score (nSPS) is 10.5. The molecule has 4 nitrogen and oxygen atoms in total. The van der Waals surface area contributed by atoms with Gasteiger partial charge in [-0.1, -0.05) is 19.9 Å². The van der Waals surface area contributed by atoms with Gasteiger partial charge in [0.05, 0.1) is 23.0 Å². The van der Waals surface area contributed by atoms with Gasteiger partial charge in [0.25, 0.3) is 0 Å². The highest BCUT2D eigenvalue weighted by Crippen LogP contribution is 2.21. The van der Waals surface area contributed by atoms with Gasteiger partial charge in [0.15, 0.2) is 0 Å². The molecule has 0 aliphatic rings. The highest BCUT2D eigenvalue weighted by atomic mass is 15.3. The molecular formula is C16H20N4. The fourth-order valence-corrected chi connectivity index (χ4v) is 2.48. The Kier molecular flexibility index (Phi) is 4.54. The van der Waals surface area contributed by atoms with E-state index in [0.29, 0.717) is 5.56 Å². The van der Waals surface area contributed by atoms with Crippen LogP contribution in [-0.4, -0.2) is 16.8 Å². The van der Waals surface area contributed by atoms with E-state index >= 15 is 0 Å². The lowest BCUT2D eigenvalue weighted by Gasteiger charge is -2.08. The fourth-order valence-electron chi connectivity index (χ4n) is 2.48. The van der Waals surface area contributed by atoms with E-state index in [9.17, 15) is 0 Å². The van der Waals surface area contributed by atoms with Crippen molar-refractivity contribution in [2.75, 3.05) is 7.05 Å². The first-order valence-electron chi connectivity index (χ1n) is 6.99. The van der Waals surface area contributed by atoms with Crippen molar-refractivity contribution < 1.29 is 0 Å². The SMILES string of the molecule is CCc1nn(-c2cccc(C#N)c2)c(CC)c1CNC. The van der Waals surface area contributed by atoms with Gasteiger partial charge in [-0.15, -0.1) is 0 Å². The molecule has 0 amide bonds. The predicted molar refractivity (Wildman–Crippen MR) is 79.8 cm³/mol. The van der Waals surface area contributed by atoms with Crippen molar-refractivity contribution >= 4 is 0 Å². The van der Waals surface area contributed by atoms with E-state index in [2.05, 4.69) is 25.2 Å². The molecule has 104 valence electrons. The van der Waals surface area contributed by atoms with Crippen LogP contribution in [0.1, 0.15) is 36.4 Å². The number of hydrogen-bond donors (Lipinski definition) is 1. The molecule has 1 aromatic heterocycles. The van der Waals surface area contributed by atoms with Gasteiger partial charge in [-0.05, 0) is 38.1 Å². The Balaban J connectivity index is 2.58.